The van der Waals surface area contributed by atoms with Crippen molar-refractivity contribution in [3.05, 3.63) is 29.1 Å². The first kappa shape index (κ1) is 14.9. The Bertz CT molecular complexity index is 526. The van der Waals surface area contributed by atoms with Gasteiger partial charge in [0.25, 0.3) is 0 Å². The largest absolute Gasteiger partial charge is 0.504 e. The van der Waals surface area contributed by atoms with Crippen molar-refractivity contribution in [2.45, 2.75) is 13.1 Å². The molecular formula is C11H10F4N2O2. The second-order valence-electron chi connectivity index (χ2n) is 3.76. The van der Waals surface area contributed by atoms with Crippen LogP contribution in [0.5, 0.6) is 5.75 Å². The number of rotatable bonds is 2. The third-order valence-corrected chi connectivity index (χ3v) is 2.14. The average molecular weight is 278 g/mol. The van der Waals surface area contributed by atoms with Gasteiger partial charge in [0.2, 0.25) is 0 Å². The van der Waals surface area contributed by atoms with Crippen LogP contribution in [0.25, 0.3) is 0 Å². The Labute approximate surface area is 105 Å². The van der Waals surface area contributed by atoms with Gasteiger partial charge in [-0.25, -0.2) is 9.40 Å². The number of aromatic hydroxyl groups is 1. The first-order chi connectivity index (χ1) is 8.62. The van der Waals surface area contributed by atoms with E-state index in [-0.39, 0.29) is 10.6 Å². The highest BCUT2D eigenvalue weighted by atomic mass is 19.4. The van der Waals surface area contributed by atoms with Gasteiger partial charge in [0.15, 0.2) is 11.6 Å². The molecule has 0 aromatic heterocycles. The first-order valence-corrected chi connectivity index (χ1v) is 5.01. The van der Waals surface area contributed by atoms with Gasteiger partial charge in [-0.15, -0.1) is 0 Å². The molecule has 0 saturated heterocycles. The molecule has 1 aromatic carbocycles. The molecule has 0 saturated carbocycles. The van der Waals surface area contributed by atoms with Crippen LogP contribution < -0.4 is 0 Å². The molecule has 1 N–H and O–H groups in total. The Morgan fingerprint density at radius 2 is 2.00 bits per heavy atom. The van der Waals surface area contributed by atoms with Crippen LogP contribution in [0.2, 0.25) is 0 Å². The molecule has 0 fully saturated rings. The van der Waals surface area contributed by atoms with Crippen LogP contribution in [0, 0.1) is 12.7 Å². The molecule has 0 aliphatic carbocycles. The predicted molar refractivity (Wildman–Crippen MR) is 59.2 cm³/mol. The smallest absolute Gasteiger partial charge is 0.473 e. The fourth-order valence-corrected chi connectivity index (χ4v) is 1.24. The van der Waals surface area contributed by atoms with E-state index in [1.807, 2.05) is 0 Å². The number of hydrazone groups is 1. The monoisotopic (exact) mass is 278 g/mol. The maximum absolute atomic E-state index is 13.1. The summed E-state index contributed by atoms with van der Waals surface area (Å²) >= 11 is 0. The van der Waals surface area contributed by atoms with E-state index < -0.39 is 23.7 Å². The number of aryl methyl sites for hydroxylation is 1. The topological polar surface area (TPSA) is 52.9 Å². The first-order valence-electron chi connectivity index (χ1n) is 5.01. The number of amides is 1. The molecule has 1 amide bonds. The van der Waals surface area contributed by atoms with Gasteiger partial charge < -0.3 is 5.11 Å². The number of hydrogen-bond donors (Lipinski definition) is 1. The van der Waals surface area contributed by atoms with Gasteiger partial charge in [-0.05, 0) is 24.6 Å². The highest BCUT2D eigenvalue weighted by Crippen LogP contribution is 2.22. The third kappa shape index (κ3) is 3.67. The van der Waals surface area contributed by atoms with Crippen LogP contribution in [-0.4, -0.2) is 35.5 Å². The van der Waals surface area contributed by atoms with Crippen LogP contribution in [0.4, 0.5) is 17.6 Å². The molecule has 0 aliphatic heterocycles. The van der Waals surface area contributed by atoms with Crippen LogP contribution in [-0.2, 0) is 4.79 Å². The summed E-state index contributed by atoms with van der Waals surface area (Å²) in [7, 11) is 0.801. The van der Waals surface area contributed by atoms with E-state index in [1.165, 1.54) is 13.0 Å². The van der Waals surface area contributed by atoms with Gasteiger partial charge >= 0.3 is 12.1 Å². The van der Waals surface area contributed by atoms with Crippen LogP contribution in [0.3, 0.4) is 0 Å². The molecule has 0 heterocycles. The zero-order chi connectivity index (χ0) is 14.8. The molecule has 4 nitrogen and oxygen atoms in total. The maximum Gasteiger partial charge on any atom is 0.473 e. The average Bonchev–Trinajstić information content (AvgIpc) is 2.29. The Hall–Kier alpha value is -2.12. The molecule has 1 aromatic rings. The molecule has 104 valence electrons. The second-order valence-corrected chi connectivity index (χ2v) is 3.76. The normalized spacial score (nSPS) is 11.9. The molecule has 0 atom stereocenters. The molecule has 8 heteroatoms. The Balaban J connectivity index is 2.97. The molecule has 0 spiro atoms. The molecule has 0 radical (unpaired) electrons. The van der Waals surface area contributed by atoms with Crippen LogP contribution >= 0.6 is 0 Å². The summed E-state index contributed by atoms with van der Waals surface area (Å²) in [5, 5.41) is 12.6. The van der Waals surface area contributed by atoms with Gasteiger partial charge in [-0.1, -0.05) is 0 Å². The predicted octanol–water partition coefficient (Wildman–Crippen LogP) is 2.19. The van der Waals surface area contributed by atoms with Gasteiger partial charge in [-0.3, -0.25) is 4.79 Å². The third-order valence-electron chi connectivity index (χ3n) is 2.14. The molecule has 0 bridgehead atoms. The van der Waals surface area contributed by atoms with E-state index in [9.17, 15) is 27.5 Å². The number of carbonyl (C=O) groups is 1. The minimum atomic E-state index is -5.05. The fraction of sp³-hybridized carbons (Fsp3) is 0.273. The maximum atomic E-state index is 13.1. The van der Waals surface area contributed by atoms with Crippen molar-refractivity contribution >= 4 is 12.1 Å². The van der Waals surface area contributed by atoms with E-state index in [2.05, 4.69) is 5.10 Å². The SMILES string of the molecule is Cc1cc(F)c(O)c(/C=N/N(C)C(=O)C(F)(F)F)c1. The van der Waals surface area contributed by atoms with Crippen molar-refractivity contribution in [1.29, 1.82) is 0 Å². The molecular weight excluding hydrogens is 268 g/mol. The molecule has 19 heavy (non-hydrogen) atoms. The Kier molecular flexibility index (Phi) is 4.13. The summed E-state index contributed by atoms with van der Waals surface area (Å²) in [5.41, 5.74) is 0.320. The van der Waals surface area contributed by atoms with Gasteiger partial charge in [0, 0.05) is 12.6 Å². The summed E-state index contributed by atoms with van der Waals surface area (Å²) in [4.78, 5) is 10.8. The quantitative estimate of drug-likeness (QED) is 0.512. The summed E-state index contributed by atoms with van der Waals surface area (Å²) < 4.78 is 49.3. The minimum Gasteiger partial charge on any atom is -0.504 e. The van der Waals surface area contributed by atoms with Crippen molar-refractivity contribution in [3.63, 3.8) is 0 Å². The Morgan fingerprint density at radius 3 is 2.53 bits per heavy atom. The minimum absolute atomic E-state index is 0.0552. The van der Waals surface area contributed by atoms with Crippen LogP contribution in [0.15, 0.2) is 17.2 Å². The lowest BCUT2D eigenvalue weighted by Gasteiger charge is -2.12. The summed E-state index contributed by atoms with van der Waals surface area (Å²) in [6.45, 7) is 1.53. The highest BCUT2D eigenvalue weighted by molar-refractivity contribution is 5.86. The number of benzene rings is 1. The second kappa shape index (κ2) is 5.25. The number of hydrogen-bond acceptors (Lipinski definition) is 3. The van der Waals surface area contributed by atoms with Gasteiger partial charge in [-0.2, -0.15) is 18.3 Å². The summed E-state index contributed by atoms with van der Waals surface area (Å²) in [6, 6.07) is 2.37. The summed E-state index contributed by atoms with van der Waals surface area (Å²) in [5.74, 6) is -3.84. The lowest BCUT2D eigenvalue weighted by atomic mass is 10.1. The Morgan fingerprint density at radius 1 is 1.42 bits per heavy atom. The number of nitrogens with zero attached hydrogens (tertiary/aromatic N) is 2. The van der Waals surface area contributed by atoms with E-state index >= 15 is 0 Å². The lowest BCUT2D eigenvalue weighted by Crippen LogP contribution is -2.35. The van der Waals surface area contributed by atoms with Gasteiger partial charge in [0.05, 0.1) is 6.21 Å². The molecule has 1 rings (SSSR count). The molecule has 0 unspecified atom stereocenters. The van der Waals surface area contributed by atoms with E-state index in [1.54, 1.807) is 0 Å². The summed E-state index contributed by atoms with van der Waals surface area (Å²) in [6.07, 6.45) is -4.28. The van der Waals surface area contributed by atoms with Crippen LogP contribution in [0.1, 0.15) is 11.1 Å². The number of halogens is 4. The lowest BCUT2D eigenvalue weighted by molar-refractivity contribution is -0.184. The van der Waals surface area contributed by atoms with Crippen molar-refractivity contribution in [3.8, 4) is 5.75 Å². The number of phenols is 1. The van der Waals surface area contributed by atoms with E-state index in [4.69, 9.17) is 0 Å². The van der Waals surface area contributed by atoms with E-state index in [0.29, 0.717) is 5.56 Å². The highest BCUT2D eigenvalue weighted by Gasteiger charge is 2.41. The van der Waals surface area contributed by atoms with Crippen molar-refractivity contribution in [1.82, 2.24) is 5.01 Å². The number of phenolic OH excluding ortho intramolecular Hbond substituents is 1. The van der Waals surface area contributed by atoms with Crippen molar-refractivity contribution < 1.29 is 27.5 Å². The fourth-order valence-electron chi connectivity index (χ4n) is 1.24. The van der Waals surface area contributed by atoms with Crippen molar-refractivity contribution in [2.24, 2.45) is 5.10 Å². The zero-order valence-corrected chi connectivity index (χ0v) is 9.99. The number of carbonyl (C=O) groups excluding carboxylic acids is 1. The zero-order valence-electron chi connectivity index (χ0n) is 9.99. The van der Waals surface area contributed by atoms with E-state index in [0.717, 1.165) is 19.3 Å². The number of alkyl halides is 3. The molecule has 0 aliphatic rings. The van der Waals surface area contributed by atoms with Gasteiger partial charge in [0.1, 0.15) is 0 Å². The standard InChI is InChI=1S/C11H10F4N2O2/c1-6-3-7(9(18)8(12)4-6)5-16-17(2)10(19)11(13,14)15/h3-5,18H,1-2H3/b16-5+. The van der Waals surface area contributed by atoms with Crippen molar-refractivity contribution in [2.75, 3.05) is 7.05 Å².